The quantitative estimate of drug-likeness (QED) is 0.596. The van der Waals surface area contributed by atoms with Crippen LogP contribution in [0.4, 0.5) is 0 Å². The molecule has 4 nitrogen and oxygen atoms in total. The van der Waals surface area contributed by atoms with E-state index in [4.69, 9.17) is 0 Å². The molecule has 0 radical (unpaired) electrons. The summed E-state index contributed by atoms with van der Waals surface area (Å²) >= 11 is 0. The normalized spacial score (nSPS) is 18.3. The van der Waals surface area contributed by atoms with E-state index in [0.29, 0.717) is 19.5 Å². The summed E-state index contributed by atoms with van der Waals surface area (Å²) in [5.74, 6) is 0.0463. The van der Waals surface area contributed by atoms with E-state index in [0.717, 1.165) is 13.0 Å². The molecule has 1 rings (SSSR count). The minimum Gasteiger partial charge on any atom is -0.356 e. The summed E-state index contributed by atoms with van der Waals surface area (Å²) in [7, 11) is 0. The molecular formula is C17H32N2O2. The Bertz CT molecular complexity index is 318. The number of amides is 2. The van der Waals surface area contributed by atoms with E-state index < -0.39 is 0 Å². The molecule has 2 amide bonds. The summed E-state index contributed by atoms with van der Waals surface area (Å²) in [6.45, 7) is 6.22. The highest BCUT2D eigenvalue weighted by Crippen LogP contribution is 2.19. The summed E-state index contributed by atoms with van der Waals surface area (Å²) in [5, 5.41) is 2.81. The number of hydrogen-bond acceptors (Lipinski definition) is 2. The molecule has 0 aromatic heterocycles. The zero-order chi connectivity index (χ0) is 15.5. The lowest BCUT2D eigenvalue weighted by Crippen LogP contribution is -2.33. The van der Waals surface area contributed by atoms with E-state index in [1.165, 1.54) is 44.9 Å². The highest BCUT2D eigenvalue weighted by atomic mass is 16.2. The van der Waals surface area contributed by atoms with Crippen molar-refractivity contribution in [3.05, 3.63) is 0 Å². The number of carbonyl (C=O) groups excluding carboxylic acids is 2. The smallest absolute Gasteiger partial charge is 0.225 e. The van der Waals surface area contributed by atoms with Crippen molar-refractivity contribution in [3.63, 3.8) is 0 Å². The maximum atomic E-state index is 11.9. The maximum absolute atomic E-state index is 11.9. The van der Waals surface area contributed by atoms with Crippen molar-refractivity contribution in [1.29, 1.82) is 0 Å². The predicted octanol–water partition coefficient (Wildman–Crippen LogP) is 3.11. The number of carbonyl (C=O) groups is 2. The van der Waals surface area contributed by atoms with Crippen molar-refractivity contribution < 1.29 is 9.59 Å². The molecule has 1 N–H and O–H groups in total. The summed E-state index contributed by atoms with van der Waals surface area (Å²) in [4.78, 5) is 25.5. The molecule has 0 aliphatic carbocycles. The van der Waals surface area contributed by atoms with Crippen LogP contribution in [0.25, 0.3) is 0 Å². The lowest BCUT2D eigenvalue weighted by molar-refractivity contribution is -0.129. The van der Waals surface area contributed by atoms with E-state index in [1.54, 1.807) is 0 Å². The number of unbranched alkanes of at least 4 members (excludes halogenated alkanes) is 7. The van der Waals surface area contributed by atoms with E-state index in [-0.39, 0.29) is 17.7 Å². The Labute approximate surface area is 129 Å². The first-order chi connectivity index (χ1) is 10.2. The fourth-order valence-electron chi connectivity index (χ4n) is 2.92. The van der Waals surface area contributed by atoms with Crippen LogP contribution in [0.1, 0.15) is 71.6 Å². The number of hydrogen-bond donors (Lipinski definition) is 1. The summed E-state index contributed by atoms with van der Waals surface area (Å²) < 4.78 is 0. The van der Waals surface area contributed by atoms with Crippen LogP contribution in [0.15, 0.2) is 0 Å². The van der Waals surface area contributed by atoms with Gasteiger partial charge in [-0.2, -0.15) is 0 Å². The zero-order valence-electron chi connectivity index (χ0n) is 13.8. The highest BCUT2D eigenvalue weighted by molar-refractivity contribution is 5.89. The zero-order valence-corrected chi connectivity index (χ0v) is 13.8. The van der Waals surface area contributed by atoms with Gasteiger partial charge in [0.15, 0.2) is 0 Å². The molecule has 0 aromatic rings. The van der Waals surface area contributed by atoms with Crippen LogP contribution in [-0.4, -0.2) is 36.3 Å². The van der Waals surface area contributed by atoms with Gasteiger partial charge in [0.2, 0.25) is 11.8 Å². The third-order valence-corrected chi connectivity index (χ3v) is 4.22. The van der Waals surface area contributed by atoms with Crippen molar-refractivity contribution in [3.8, 4) is 0 Å². The fraction of sp³-hybridized carbons (Fsp3) is 0.882. The third-order valence-electron chi connectivity index (χ3n) is 4.22. The topological polar surface area (TPSA) is 49.4 Å². The largest absolute Gasteiger partial charge is 0.356 e. The number of likely N-dealkylation sites (tertiary alicyclic amines) is 1. The Morgan fingerprint density at radius 2 is 1.71 bits per heavy atom. The van der Waals surface area contributed by atoms with Crippen LogP contribution in [0.3, 0.4) is 0 Å². The van der Waals surface area contributed by atoms with Crippen LogP contribution in [0.2, 0.25) is 0 Å². The number of nitrogens with one attached hydrogen (secondary N) is 1. The van der Waals surface area contributed by atoms with Crippen molar-refractivity contribution in [2.45, 2.75) is 71.6 Å². The average Bonchev–Trinajstić information content (AvgIpc) is 2.83. The minimum absolute atomic E-state index is 0.0317. The standard InChI is InChI=1S/C17H32N2O2/c1-3-5-6-7-8-9-10-11-12-19-14-15(13-16(19)20)17(21)18-4-2/h15H,3-14H2,1-2H3,(H,18,21). The Hall–Kier alpha value is -1.06. The monoisotopic (exact) mass is 296 g/mol. The van der Waals surface area contributed by atoms with Crippen molar-refractivity contribution >= 4 is 11.8 Å². The molecule has 0 bridgehead atoms. The second-order valence-electron chi connectivity index (χ2n) is 6.11. The first kappa shape index (κ1) is 18.0. The second kappa shape index (κ2) is 10.6. The molecule has 21 heavy (non-hydrogen) atoms. The van der Waals surface area contributed by atoms with E-state index in [2.05, 4.69) is 12.2 Å². The Kier molecular flexibility index (Phi) is 9.11. The molecule has 1 heterocycles. The van der Waals surface area contributed by atoms with E-state index in [9.17, 15) is 9.59 Å². The molecular weight excluding hydrogens is 264 g/mol. The van der Waals surface area contributed by atoms with E-state index >= 15 is 0 Å². The fourth-order valence-corrected chi connectivity index (χ4v) is 2.92. The van der Waals surface area contributed by atoms with Crippen LogP contribution in [0, 0.1) is 5.92 Å². The van der Waals surface area contributed by atoms with Gasteiger partial charge in [0, 0.05) is 26.1 Å². The molecule has 122 valence electrons. The molecule has 1 aliphatic rings. The van der Waals surface area contributed by atoms with Gasteiger partial charge >= 0.3 is 0 Å². The lowest BCUT2D eigenvalue weighted by Gasteiger charge is -2.16. The minimum atomic E-state index is -0.133. The lowest BCUT2D eigenvalue weighted by atomic mass is 10.1. The maximum Gasteiger partial charge on any atom is 0.225 e. The van der Waals surface area contributed by atoms with Gasteiger partial charge in [-0.25, -0.2) is 0 Å². The second-order valence-corrected chi connectivity index (χ2v) is 6.11. The third kappa shape index (κ3) is 6.96. The summed E-state index contributed by atoms with van der Waals surface area (Å²) in [6.07, 6.45) is 10.6. The molecule has 0 spiro atoms. The summed E-state index contributed by atoms with van der Waals surface area (Å²) in [5.41, 5.74) is 0. The van der Waals surface area contributed by atoms with E-state index in [1.807, 2.05) is 11.8 Å². The van der Waals surface area contributed by atoms with Gasteiger partial charge in [-0.3, -0.25) is 9.59 Å². The van der Waals surface area contributed by atoms with Gasteiger partial charge < -0.3 is 10.2 Å². The molecule has 1 fully saturated rings. The first-order valence-electron chi connectivity index (χ1n) is 8.74. The van der Waals surface area contributed by atoms with Gasteiger partial charge in [0.25, 0.3) is 0 Å². The molecule has 1 saturated heterocycles. The summed E-state index contributed by atoms with van der Waals surface area (Å²) in [6, 6.07) is 0. The SMILES string of the molecule is CCCCCCCCCCN1CC(C(=O)NCC)CC1=O. The van der Waals surface area contributed by atoms with Crippen LogP contribution in [-0.2, 0) is 9.59 Å². The Morgan fingerprint density at radius 3 is 2.33 bits per heavy atom. The average molecular weight is 296 g/mol. The van der Waals surface area contributed by atoms with Gasteiger partial charge in [0.1, 0.15) is 0 Å². The molecule has 1 aliphatic heterocycles. The predicted molar refractivity (Wildman–Crippen MR) is 86.0 cm³/mol. The first-order valence-corrected chi connectivity index (χ1v) is 8.74. The number of rotatable bonds is 11. The molecule has 4 heteroatoms. The van der Waals surface area contributed by atoms with Crippen LogP contribution >= 0.6 is 0 Å². The molecule has 0 aromatic carbocycles. The van der Waals surface area contributed by atoms with Gasteiger partial charge in [-0.05, 0) is 13.3 Å². The van der Waals surface area contributed by atoms with Gasteiger partial charge in [-0.1, -0.05) is 51.9 Å². The Morgan fingerprint density at radius 1 is 1.10 bits per heavy atom. The van der Waals surface area contributed by atoms with Crippen molar-refractivity contribution in [2.24, 2.45) is 5.92 Å². The van der Waals surface area contributed by atoms with Crippen molar-refractivity contribution in [1.82, 2.24) is 10.2 Å². The van der Waals surface area contributed by atoms with Crippen molar-refractivity contribution in [2.75, 3.05) is 19.6 Å². The highest BCUT2D eigenvalue weighted by Gasteiger charge is 2.33. The Balaban J connectivity index is 2.07. The van der Waals surface area contributed by atoms with Gasteiger partial charge in [0.05, 0.1) is 5.92 Å². The van der Waals surface area contributed by atoms with Crippen LogP contribution < -0.4 is 5.32 Å². The molecule has 1 unspecified atom stereocenters. The molecule has 1 atom stereocenters. The van der Waals surface area contributed by atoms with Crippen LogP contribution in [0.5, 0.6) is 0 Å². The molecule has 0 saturated carbocycles. The number of nitrogens with zero attached hydrogens (tertiary/aromatic N) is 1. The van der Waals surface area contributed by atoms with Gasteiger partial charge in [-0.15, -0.1) is 0 Å².